The molecule has 2 fully saturated rings. The number of nitrogens with zero attached hydrogens (tertiary/aromatic N) is 1. The standard InChI is InChI=1S/C9H17NO/c1-10-5-7-3-2-4-8(6-10)9(7)11/h7-9,11H,2-6H2,1H3/i9D. The molecule has 1 heterocycles. The normalized spacial score (nSPS) is 53.8. The molecule has 2 unspecified atom stereocenters. The van der Waals surface area contributed by atoms with Gasteiger partial charge in [0, 0.05) is 13.1 Å². The maximum absolute atomic E-state index is 9.91. The third-order valence-electron chi connectivity index (χ3n) is 3.01. The van der Waals surface area contributed by atoms with Crippen molar-refractivity contribution in [2.75, 3.05) is 20.1 Å². The van der Waals surface area contributed by atoms with Gasteiger partial charge in [-0.2, -0.15) is 0 Å². The van der Waals surface area contributed by atoms with Gasteiger partial charge < -0.3 is 10.0 Å². The summed E-state index contributed by atoms with van der Waals surface area (Å²) in [6, 6.07) is 0. The fourth-order valence-electron chi connectivity index (χ4n) is 2.44. The van der Waals surface area contributed by atoms with E-state index in [4.69, 9.17) is 1.37 Å². The minimum Gasteiger partial charge on any atom is -0.392 e. The van der Waals surface area contributed by atoms with E-state index in [1.54, 1.807) is 0 Å². The molecule has 0 aromatic rings. The van der Waals surface area contributed by atoms with Crippen molar-refractivity contribution in [1.29, 1.82) is 0 Å². The summed E-state index contributed by atoms with van der Waals surface area (Å²) < 4.78 is 7.86. The summed E-state index contributed by atoms with van der Waals surface area (Å²) in [5, 5.41) is 9.91. The molecule has 0 spiro atoms. The van der Waals surface area contributed by atoms with Crippen LogP contribution in [0.4, 0.5) is 0 Å². The van der Waals surface area contributed by atoms with E-state index in [2.05, 4.69) is 11.9 Å². The van der Waals surface area contributed by atoms with Gasteiger partial charge in [0.1, 0.15) is 0 Å². The van der Waals surface area contributed by atoms with Crippen LogP contribution in [0, 0.1) is 11.8 Å². The highest BCUT2D eigenvalue weighted by Gasteiger charge is 2.36. The third kappa shape index (κ3) is 1.30. The van der Waals surface area contributed by atoms with Crippen LogP contribution in [-0.2, 0) is 0 Å². The van der Waals surface area contributed by atoms with Gasteiger partial charge in [-0.15, -0.1) is 0 Å². The van der Waals surface area contributed by atoms with Crippen molar-refractivity contribution in [3.63, 3.8) is 0 Å². The van der Waals surface area contributed by atoms with Gasteiger partial charge in [-0.05, 0) is 31.7 Å². The number of likely N-dealkylation sites (tertiary alicyclic amines) is 1. The Labute approximate surface area is 69.6 Å². The van der Waals surface area contributed by atoms with Gasteiger partial charge >= 0.3 is 0 Å². The van der Waals surface area contributed by atoms with E-state index in [0.29, 0.717) is 0 Å². The lowest BCUT2D eigenvalue weighted by atomic mass is 9.75. The quantitative estimate of drug-likeness (QED) is 0.558. The molecule has 0 amide bonds. The molecule has 0 aromatic heterocycles. The summed E-state index contributed by atoms with van der Waals surface area (Å²) in [5.74, 6) is 0.380. The summed E-state index contributed by atoms with van der Waals surface area (Å²) in [6.07, 6.45) is 2.14. The first-order valence-electron chi connectivity index (χ1n) is 5.01. The Bertz CT molecular complexity index is 167. The van der Waals surface area contributed by atoms with E-state index in [0.717, 1.165) is 25.9 Å². The third-order valence-corrected chi connectivity index (χ3v) is 3.01. The maximum atomic E-state index is 9.91. The fraction of sp³-hybridized carbons (Fsp3) is 1.00. The number of aliphatic hydroxyl groups is 1. The molecule has 2 nitrogen and oxygen atoms in total. The topological polar surface area (TPSA) is 23.5 Å². The van der Waals surface area contributed by atoms with Crippen molar-refractivity contribution in [3.05, 3.63) is 0 Å². The summed E-state index contributed by atoms with van der Waals surface area (Å²) in [4.78, 5) is 2.25. The zero-order valence-electron chi connectivity index (χ0n) is 8.08. The van der Waals surface area contributed by atoms with E-state index in [-0.39, 0.29) is 11.8 Å². The van der Waals surface area contributed by atoms with E-state index in [9.17, 15) is 5.11 Å². The molecule has 0 aromatic carbocycles. The van der Waals surface area contributed by atoms with Crippen LogP contribution in [0.2, 0.25) is 0 Å². The van der Waals surface area contributed by atoms with Crippen LogP contribution in [0.15, 0.2) is 0 Å². The molecule has 1 saturated heterocycles. The second-order valence-electron chi connectivity index (χ2n) is 3.97. The van der Waals surface area contributed by atoms with Gasteiger partial charge in [-0.25, -0.2) is 0 Å². The van der Waals surface area contributed by atoms with E-state index >= 15 is 0 Å². The van der Waals surface area contributed by atoms with Crippen molar-refractivity contribution >= 4 is 0 Å². The van der Waals surface area contributed by atoms with Gasteiger partial charge in [0.15, 0.2) is 0 Å². The number of hydrogen-bond acceptors (Lipinski definition) is 2. The van der Waals surface area contributed by atoms with Crippen LogP contribution in [0.1, 0.15) is 20.6 Å². The fourth-order valence-corrected chi connectivity index (χ4v) is 2.44. The minimum atomic E-state index is -1.12. The molecule has 2 atom stereocenters. The van der Waals surface area contributed by atoms with Crippen LogP contribution in [0.5, 0.6) is 0 Å². The Hall–Kier alpha value is -0.0800. The lowest BCUT2D eigenvalue weighted by Crippen LogP contribution is -2.49. The molecular weight excluding hydrogens is 138 g/mol. The first-order chi connectivity index (χ1) is 5.60. The zero-order valence-corrected chi connectivity index (χ0v) is 7.08. The largest absolute Gasteiger partial charge is 0.392 e. The number of hydrogen-bond donors (Lipinski definition) is 1. The lowest BCUT2D eigenvalue weighted by molar-refractivity contribution is -0.0419. The van der Waals surface area contributed by atoms with Crippen molar-refractivity contribution in [3.8, 4) is 0 Å². The Morgan fingerprint density at radius 2 is 1.91 bits per heavy atom. The molecule has 2 rings (SSSR count). The highest BCUT2D eigenvalue weighted by Crippen LogP contribution is 2.33. The summed E-state index contributed by atoms with van der Waals surface area (Å²) in [7, 11) is 2.08. The Morgan fingerprint density at radius 3 is 2.45 bits per heavy atom. The lowest BCUT2D eigenvalue weighted by Gasteiger charge is -2.43. The monoisotopic (exact) mass is 156 g/mol. The second-order valence-corrected chi connectivity index (χ2v) is 3.97. The van der Waals surface area contributed by atoms with Crippen LogP contribution >= 0.6 is 0 Å². The smallest absolute Gasteiger partial charge is 0.0620 e. The van der Waals surface area contributed by atoms with Gasteiger partial charge in [0.25, 0.3) is 0 Å². The number of fused-ring (bicyclic) bond motifs is 2. The van der Waals surface area contributed by atoms with E-state index < -0.39 is 6.08 Å². The molecule has 2 aliphatic rings. The molecule has 1 aliphatic heterocycles. The minimum absolute atomic E-state index is 0.190. The van der Waals surface area contributed by atoms with Crippen molar-refractivity contribution in [2.24, 2.45) is 11.8 Å². The molecule has 0 radical (unpaired) electrons. The Morgan fingerprint density at radius 1 is 1.36 bits per heavy atom. The van der Waals surface area contributed by atoms with E-state index in [1.165, 1.54) is 6.42 Å². The van der Waals surface area contributed by atoms with Crippen LogP contribution < -0.4 is 0 Å². The highest BCUT2D eigenvalue weighted by atomic mass is 16.3. The van der Waals surface area contributed by atoms with Crippen LogP contribution in [0.3, 0.4) is 0 Å². The molecule has 11 heavy (non-hydrogen) atoms. The first kappa shape index (κ1) is 6.44. The molecule has 1 saturated carbocycles. The summed E-state index contributed by atoms with van der Waals surface area (Å²) >= 11 is 0. The Kier molecular flexibility index (Phi) is 1.61. The summed E-state index contributed by atoms with van der Waals surface area (Å²) in [5.41, 5.74) is 0. The van der Waals surface area contributed by atoms with Gasteiger partial charge in [-0.3, -0.25) is 0 Å². The average Bonchev–Trinajstić information content (AvgIpc) is 1.92. The van der Waals surface area contributed by atoms with Gasteiger partial charge in [0.05, 0.1) is 7.45 Å². The number of rotatable bonds is 0. The summed E-state index contributed by atoms with van der Waals surface area (Å²) in [6.45, 7) is 1.80. The predicted molar refractivity (Wildman–Crippen MR) is 44.3 cm³/mol. The molecule has 1 N–H and O–H groups in total. The van der Waals surface area contributed by atoms with Crippen molar-refractivity contribution in [1.82, 2.24) is 4.90 Å². The van der Waals surface area contributed by atoms with Crippen molar-refractivity contribution in [2.45, 2.75) is 25.3 Å². The number of piperidine rings is 1. The maximum Gasteiger partial charge on any atom is 0.0620 e. The van der Waals surface area contributed by atoms with E-state index in [1.807, 2.05) is 0 Å². The second kappa shape index (κ2) is 2.76. The van der Waals surface area contributed by atoms with Crippen LogP contribution in [0.25, 0.3) is 0 Å². The van der Waals surface area contributed by atoms with Crippen LogP contribution in [-0.4, -0.2) is 36.2 Å². The highest BCUT2D eigenvalue weighted by molar-refractivity contribution is 4.89. The van der Waals surface area contributed by atoms with Gasteiger partial charge in [0.2, 0.25) is 0 Å². The first-order valence-corrected chi connectivity index (χ1v) is 4.51. The van der Waals surface area contributed by atoms with Crippen molar-refractivity contribution < 1.29 is 6.48 Å². The Balaban J connectivity index is 2.18. The molecule has 2 heteroatoms. The molecule has 64 valence electrons. The zero-order chi connectivity index (χ0) is 8.77. The van der Waals surface area contributed by atoms with Gasteiger partial charge in [-0.1, -0.05) is 6.42 Å². The average molecular weight is 156 g/mol. The predicted octanol–water partition coefficient (Wildman–Crippen LogP) is 0.709. The molecule has 1 aliphatic carbocycles. The molecular formula is C9H17NO. The SMILES string of the molecule is [2H]C1(O)C2CCCC1CN(C)C2. The molecule has 2 bridgehead atoms.